The summed E-state index contributed by atoms with van der Waals surface area (Å²) in [6, 6.07) is 21.0. The zero-order valence-electron chi connectivity index (χ0n) is 24.7. The lowest BCUT2D eigenvalue weighted by Gasteiger charge is -2.16. The summed E-state index contributed by atoms with van der Waals surface area (Å²) in [5.74, 6) is 2.39. The summed E-state index contributed by atoms with van der Waals surface area (Å²) in [5.41, 5.74) is 2.42. The first kappa shape index (κ1) is 33.3. The normalized spacial score (nSPS) is 15.0. The van der Waals surface area contributed by atoms with E-state index >= 15 is 0 Å². The Morgan fingerprint density at radius 1 is 0.478 bits per heavy atom. The number of nitrogens with zero attached hydrogens (tertiary/aromatic N) is 2. The van der Waals surface area contributed by atoms with Gasteiger partial charge in [0.05, 0.1) is 37.8 Å². The zero-order valence-corrected chi connectivity index (χ0v) is 27.9. The van der Waals surface area contributed by atoms with Gasteiger partial charge in [-0.25, -0.2) is 0 Å². The second-order valence-electron chi connectivity index (χ2n) is 9.80. The highest BCUT2D eigenvalue weighted by molar-refractivity contribution is 9.10. The van der Waals surface area contributed by atoms with Crippen molar-refractivity contribution in [3.63, 3.8) is 0 Å². The molecule has 1 aliphatic rings. The molecule has 0 fully saturated rings. The fourth-order valence-electron chi connectivity index (χ4n) is 4.21. The number of fused-ring (bicyclic) bond motifs is 2. The van der Waals surface area contributed by atoms with Gasteiger partial charge < -0.3 is 38.6 Å². The van der Waals surface area contributed by atoms with Gasteiger partial charge >= 0.3 is 0 Å². The third kappa shape index (κ3) is 9.95. The number of phenolic OH excluding ortho intramolecular Hbond substituents is 2. The van der Waals surface area contributed by atoms with Crippen molar-refractivity contribution >= 4 is 55.7 Å². The van der Waals surface area contributed by atoms with Crippen LogP contribution in [-0.4, -0.2) is 75.5 Å². The molecule has 0 radical (unpaired) electrons. The molecular weight excluding hydrogens is 724 g/mol. The average Bonchev–Trinajstić information content (AvgIpc) is 3.05. The Bertz CT molecular complexity index is 1560. The monoisotopic (exact) mass is 754 g/mol. The predicted molar refractivity (Wildman–Crippen MR) is 183 cm³/mol. The first-order chi connectivity index (χ1) is 22.4. The Kier molecular flexibility index (Phi) is 12.3. The van der Waals surface area contributed by atoms with Crippen LogP contribution in [0.3, 0.4) is 0 Å². The topological polar surface area (TPSA) is 121 Å². The van der Waals surface area contributed by atoms with Crippen LogP contribution in [0.4, 0.5) is 11.4 Å². The third-order valence-corrected chi connectivity index (χ3v) is 7.47. The Labute approximate surface area is 283 Å². The summed E-state index contributed by atoms with van der Waals surface area (Å²) in [6.45, 7) is 2.46. The van der Waals surface area contributed by atoms with Gasteiger partial charge in [-0.3, -0.25) is 9.98 Å². The van der Waals surface area contributed by atoms with Crippen LogP contribution < -0.4 is 18.9 Å². The minimum atomic E-state index is 0.131. The Morgan fingerprint density at radius 3 is 1.28 bits per heavy atom. The Morgan fingerprint density at radius 2 is 0.870 bits per heavy atom. The number of hydrogen-bond donors (Lipinski definition) is 2. The van der Waals surface area contributed by atoms with Gasteiger partial charge in [0.1, 0.15) is 37.9 Å². The number of aliphatic imine (C=N–C) groups is 2. The SMILES string of the molecule is Oc1ccc(Br)cc1C=Nc1ccc2c(c1)OCCOCCOc1ccc(N=Cc3cc(Br)ccc3O)cc1OCCOCCO2. The molecule has 0 bridgehead atoms. The van der Waals surface area contributed by atoms with Crippen LogP contribution in [-0.2, 0) is 9.47 Å². The van der Waals surface area contributed by atoms with Crippen molar-refractivity contribution in [1.82, 2.24) is 0 Å². The molecule has 0 amide bonds. The highest BCUT2D eigenvalue weighted by Gasteiger charge is 2.11. The molecule has 1 heterocycles. The fourth-order valence-corrected chi connectivity index (χ4v) is 4.97. The third-order valence-electron chi connectivity index (χ3n) is 6.48. The molecule has 5 rings (SSSR count). The van der Waals surface area contributed by atoms with Gasteiger partial charge in [-0.1, -0.05) is 31.9 Å². The Balaban J connectivity index is 1.21. The summed E-state index contributed by atoms with van der Waals surface area (Å²) < 4.78 is 37.0. The van der Waals surface area contributed by atoms with Gasteiger partial charge in [0, 0.05) is 44.6 Å². The molecule has 0 unspecified atom stereocenters. The van der Waals surface area contributed by atoms with Crippen LogP contribution in [0.25, 0.3) is 0 Å². The smallest absolute Gasteiger partial charge is 0.163 e. The number of rotatable bonds is 4. The molecule has 0 saturated heterocycles. The molecule has 0 saturated carbocycles. The molecule has 0 aliphatic carbocycles. The zero-order chi connectivity index (χ0) is 32.1. The maximum atomic E-state index is 10.1. The molecule has 2 N–H and O–H groups in total. The van der Waals surface area contributed by atoms with Crippen molar-refractivity contribution in [2.75, 3.05) is 52.9 Å². The molecule has 1 aliphatic heterocycles. The van der Waals surface area contributed by atoms with Crippen LogP contribution in [0.1, 0.15) is 11.1 Å². The minimum absolute atomic E-state index is 0.131. The summed E-state index contributed by atoms with van der Waals surface area (Å²) >= 11 is 6.82. The van der Waals surface area contributed by atoms with E-state index in [-0.39, 0.29) is 24.7 Å². The highest BCUT2D eigenvalue weighted by atomic mass is 79.9. The van der Waals surface area contributed by atoms with E-state index in [1.807, 2.05) is 0 Å². The summed E-state index contributed by atoms with van der Waals surface area (Å²) in [5, 5.41) is 20.2. The van der Waals surface area contributed by atoms with E-state index in [9.17, 15) is 10.2 Å². The minimum Gasteiger partial charge on any atom is -0.507 e. The van der Waals surface area contributed by atoms with E-state index in [0.29, 0.717) is 85.1 Å². The molecule has 12 heteroatoms. The van der Waals surface area contributed by atoms with Crippen molar-refractivity contribution in [3.8, 4) is 34.5 Å². The van der Waals surface area contributed by atoms with Gasteiger partial charge in [-0.05, 0) is 60.7 Å². The first-order valence-corrected chi connectivity index (χ1v) is 16.0. The summed E-state index contributed by atoms with van der Waals surface area (Å²) in [4.78, 5) is 8.99. The van der Waals surface area contributed by atoms with E-state index in [4.69, 9.17) is 28.4 Å². The maximum absolute atomic E-state index is 10.1. The quantitative estimate of drug-likeness (QED) is 0.207. The van der Waals surface area contributed by atoms with Gasteiger partial charge in [-0.15, -0.1) is 0 Å². The molecular formula is C34H32Br2N2O8. The number of benzene rings is 4. The van der Waals surface area contributed by atoms with Crippen LogP contribution in [0.2, 0.25) is 0 Å². The average molecular weight is 756 g/mol. The first-order valence-electron chi connectivity index (χ1n) is 14.4. The van der Waals surface area contributed by atoms with Crippen LogP contribution in [0.5, 0.6) is 34.5 Å². The second kappa shape index (κ2) is 17.0. The van der Waals surface area contributed by atoms with E-state index < -0.39 is 0 Å². The van der Waals surface area contributed by atoms with Crippen molar-refractivity contribution < 1.29 is 38.6 Å². The molecule has 46 heavy (non-hydrogen) atoms. The predicted octanol–water partition coefficient (Wildman–Crippen LogP) is 7.39. The summed E-state index contributed by atoms with van der Waals surface area (Å²) in [7, 11) is 0. The molecule has 4 aromatic carbocycles. The van der Waals surface area contributed by atoms with Crippen molar-refractivity contribution in [3.05, 3.63) is 92.9 Å². The van der Waals surface area contributed by atoms with Crippen molar-refractivity contribution in [2.45, 2.75) is 0 Å². The van der Waals surface area contributed by atoms with E-state index in [1.54, 1.807) is 85.2 Å². The second-order valence-corrected chi connectivity index (χ2v) is 11.6. The molecule has 10 nitrogen and oxygen atoms in total. The van der Waals surface area contributed by atoms with E-state index in [1.165, 1.54) is 0 Å². The van der Waals surface area contributed by atoms with Gasteiger partial charge in [0.15, 0.2) is 23.0 Å². The molecule has 0 aromatic heterocycles. The van der Waals surface area contributed by atoms with Crippen molar-refractivity contribution in [2.24, 2.45) is 9.98 Å². The maximum Gasteiger partial charge on any atom is 0.163 e. The Hall–Kier alpha value is -4.10. The van der Waals surface area contributed by atoms with Gasteiger partial charge in [0.2, 0.25) is 0 Å². The molecule has 0 spiro atoms. The number of halogens is 2. The molecule has 0 atom stereocenters. The lowest BCUT2D eigenvalue weighted by molar-refractivity contribution is 0.0640. The summed E-state index contributed by atoms with van der Waals surface area (Å²) in [6.07, 6.45) is 3.18. The van der Waals surface area contributed by atoms with Gasteiger partial charge in [0.25, 0.3) is 0 Å². The lowest BCUT2D eigenvalue weighted by Crippen LogP contribution is -2.15. The molecule has 240 valence electrons. The van der Waals surface area contributed by atoms with Gasteiger partial charge in [-0.2, -0.15) is 0 Å². The number of phenols is 2. The lowest BCUT2D eigenvalue weighted by atomic mass is 10.2. The standard InChI is InChI=1S/C34H32Br2N2O8/c35-25-1-5-29(39)23(17-25)21-37-27-3-7-31-33(19-27)45-15-11-41-10-14-44-32-8-4-28(20-34(32)46-16-12-42-9-13-43-31)38-22-24-18-26(36)2-6-30(24)40/h1-8,17-22,39-40H,9-16H2. The van der Waals surface area contributed by atoms with E-state index in [2.05, 4.69) is 41.8 Å². The van der Waals surface area contributed by atoms with Crippen LogP contribution in [0, 0.1) is 0 Å². The number of hydrogen-bond acceptors (Lipinski definition) is 10. The highest BCUT2D eigenvalue weighted by Crippen LogP contribution is 2.34. The van der Waals surface area contributed by atoms with Crippen molar-refractivity contribution in [1.29, 1.82) is 0 Å². The van der Waals surface area contributed by atoms with Crippen LogP contribution >= 0.6 is 31.9 Å². The van der Waals surface area contributed by atoms with E-state index in [0.717, 1.165) is 8.95 Å². The number of ether oxygens (including phenoxy) is 6. The fraction of sp³-hybridized carbons (Fsp3) is 0.235. The number of aromatic hydroxyl groups is 2. The largest absolute Gasteiger partial charge is 0.507 e. The van der Waals surface area contributed by atoms with Crippen LogP contribution in [0.15, 0.2) is 91.7 Å². The molecule has 4 aromatic rings.